The van der Waals surface area contributed by atoms with Crippen LogP contribution in [0.25, 0.3) is 0 Å². The quantitative estimate of drug-likeness (QED) is 0.808. The van der Waals surface area contributed by atoms with E-state index in [1.165, 1.54) is 0 Å². The molecule has 3 heterocycles. The number of carbonyl (C=O) groups is 2. The number of rotatable bonds is 5. The standard InChI is InChI=1S/C24H27N5O2/c25-15-19-6-7-22(26-17-19)28-12-8-20(9-13-28)23(30)27-16-18-4-3-5-21(14-18)24(31)29-10-1-2-11-29/h3-7,14,17,20H,1-2,8-13,16H2,(H,27,30). The van der Waals surface area contributed by atoms with Gasteiger partial charge in [0.2, 0.25) is 5.91 Å². The lowest BCUT2D eigenvalue weighted by molar-refractivity contribution is -0.125. The molecule has 7 nitrogen and oxygen atoms in total. The smallest absolute Gasteiger partial charge is 0.253 e. The number of nitrogens with zero attached hydrogens (tertiary/aromatic N) is 4. The summed E-state index contributed by atoms with van der Waals surface area (Å²) in [6, 6.07) is 13.3. The van der Waals surface area contributed by atoms with Crippen LogP contribution in [0.5, 0.6) is 0 Å². The van der Waals surface area contributed by atoms with Crippen molar-refractivity contribution in [1.82, 2.24) is 15.2 Å². The summed E-state index contributed by atoms with van der Waals surface area (Å²) in [6.45, 7) is 3.61. The van der Waals surface area contributed by atoms with Crippen molar-refractivity contribution >= 4 is 17.6 Å². The van der Waals surface area contributed by atoms with E-state index in [9.17, 15) is 9.59 Å². The molecule has 2 saturated heterocycles. The lowest BCUT2D eigenvalue weighted by atomic mass is 9.95. The molecule has 0 saturated carbocycles. The van der Waals surface area contributed by atoms with Crippen LogP contribution in [0.3, 0.4) is 0 Å². The van der Waals surface area contributed by atoms with Crippen molar-refractivity contribution in [1.29, 1.82) is 5.26 Å². The molecule has 31 heavy (non-hydrogen) atoms. The fourth-order valence-electron chi connectivity index (χ4n) is 4.26. The number of piperidine rings is 1. The number of anilines is 1. The van der Waals surface area contributed by atoms with Crippen LogP contribution in [0, 0.1) is 17.2 Å². The van der Waals surface area contributed by atoms with Gasteiger partial charge in [0.15, 0.2) is 0 Å². The van der Waals surface area contributed by atoms with Gasteiger partial charge in [-0.05, 0) is 55.5 Å². The highest BCUT2D eigenvalue weighted by Gasteiger charge is 2.25. The van der Waals surface area contributed by atoms with Gasteiger partial charge in [-0.25, -0.2) is 4.98 Å². The van der Waals surface area contributed by atoms with Crippen molar-refractivity contribution < 1.29 is 9.59 Å². The Morgan fingerprint density at radius 3 is 2.55 bits per heavy atom. The SMILES string of the molecule is N#Cc1ccc(N2CCC(C(=O)NCc3cccc(C(=O)N4CCCC4)c3)CC2)nc1. The Balaban J connectivity index is 1.27. The van der Waals surface area contributed by atoms with Crippen LogP contribution in [0.15, 0.2) is 42.6 Å². The molecule has 1 N–H and O–H groups in total. The number of likely N-dealkylation sites (tertiary alicyclic amines) is 1. The van der Waals surface area contributed by atoms with Gasteiger partial charge < -0.3 is 15.1 Å². The van der Waals surface area contributed by atoms with E-state index in [4.69, 9.17) is 5.26 Å². The lowest BCUT2D eigenvalue weighted by Crippen LogP contribution is -2.40. The molecule has 0 aliphatic carbocycles. The normalized spacial score (nSPS) is 16.7. The average Bonchev–Trinajstić information content (AvgIpc) is 3.37. The third kappa shape index (κ3) is 5.02. The molecule has 7 heteroatoms. The zero-order valence-corrected chi connectivity index (χ0v) is 17.6. The summed E-state index contributed by atoms with van der Waals surface area (Å²) < 4.78 is 0. The maximum absolute atomic E-state index is 12.7. The monoisotopic (exact) mass is 417 g/mol. The zero-order chi connectivity index (χ0) is 21.6. The van der Waals surface area contributed by atoms with Gasteiger partial charge in [0, 0.05) is 50.4 Å². The molecule has 0 radical (unpaired) electrons. The van der Waals surface area contributed by atoms with E-state index in [0.29, 0.717) is 17.7 Å². The number of pyridine rings is 1. The Hall–Kier alpha value is -3.40. The first kappa shape index (κ1) is 20.9. The minimum absolute atomic E-state index is 0.0240. The third-order valence-corrected chi connectivity index (χ3v) is 6.10. The number of hydrogen-bond donors (Lipinski definition) is 1. The molecule has 1 aromatic heterocycles. The van der Waals surface area contributed by atoms with Gasteiger partial charge >= 0.3 is 0 Å². The summed E-state index contributed by atoms with van der Waals surface area (Å²) >= 11 is 0. The van der Waals surface area contributed by atoms with E-state index >= 15 is 0 Å². The topological polar surface area (TPSA) is 89.3 Å². The molecule has 160 valence electrons. The molecule has 0 unspecified atom stereocenters. The van der Waals surface area contributed by atoms with Crippen molar-refractivity contribution in [3.63, 3.8) is 0 Å². The van der Waals surface area contributed by atoms with Crippen molar-refractivity contribution in [2.75, 3.05) is 31.1 Å². The second-order valence-corrected chi connectivity index (χ2v) is 8.20. The molecule has 2 aliphatic heterocycles. The Morgan fingerprint density at radius 1 is 1.10 bits per heavy atom. The summed E-state index contributed by atoms with van der Waals surface area (Å²) in [5.74, 6) is 0.958. The molecule has 2 aromatic rings. The van der Waals surface area contributed by atoms with Crippen LogP contribution in [0.1, 0.15) is 47.2 Å². The fraction of sp³-hybridized carbons (Fsp3) is 0.417. The Kier molecular flexibility index (Phi) is 6.46. The average molecular weight is 418 g/mol. The van der Waals surface area contributed by atoms with Crippen LogP contribution >= 0.6 is 0 Å². The molecular formula is C24H27N5O2. The predicted molar refractivity (Wildman–Crippen MR) is 117 cm³/mol. The largest absolute Gasteiger partial charge is 0.357 e. The first-order valence-electron chi connectivity index (χ1n) is 10.9. The number of carbonyl (C=O) groups excluding carboxylic acids is 2. The highest BCUT2D eigenvalue weighted by molar-refractivity contribution is 5.94. The molecule has 0 spiro atoms. The maximum atomic E-state index is 12.7. The summed E-state index contributed by atoms with van der Waals surface area (Å²) in [6.07, 6.45) is 5.25. The van der Waals surface area contributed by atoms with Gasteiger partial charge in [-0.15, -0.1) is 0 Å². The van der Waals surface area contributed by atoms with Crippen molar-refractivity contribution in [3.8, 4) is 6.07 Å². The van der Waals surface area contributed by atoms with E-state index in [1.54, 1.807) is 12.3 Å². The highest BCUT2D eigenvalue weighted by Crippen LogP contribution is 2.22. The summed E-state index contributed by atoms with van der Waals surface area (Å²) in [5.41, 5.74) is 2.18. The second kappa shape index (κ2) is 9.61. The Morgan fingerprint density at radius 2 is 1.87 bits per heavy atom. The van der Waals surface area contributed by atoms with E-state index in [1.807, 2.05) is 35.2 Å². The van der Waals surface area contributed by atoms with Crippen LogP contribution in [0.2, 0.25) is 0 Å². The summed E-state index contributed by atoms with van der Waals surface area (Å²) in [5, 5.41) is 11.9. The van der Waals surface area contributed by atoms with E-state index < -0.39 is 0 Å². The zero-order valence-electron chi connectivity index (χ0n) is 17.6. The maximum Gasteiger partial charge on any atom is 0.253 e. The van der Waals surface area contributed by atoms with Crippen molar-refractivity contribution in [2.45, 2.75) is 32.2 Å². The number of nitriles is 1. The number of hydrogen-bond acceptors (Lipinski definition) is 5. The van der Waals surface area contributed by atoms with Crippen LogP contribution in [-0.4, -0.2) is 47.9 Å². The first-order valence-corrected chi connectivity index (χ1v) is 10.9. The highest BCUT2D eigenvalue weighted by atomic mass is 16.2. The number of aromatic nitrogens is 1. The van der Waals surface area contributed by atoms with E-state index in [2.05, 4.69) is 21.3 Å². The van der Waals surface area contributed by atoms with Crippen LogP contribution in [-0.2, 0) is 11.3 Å². The predicted octanol–water partition coefficient (Wildman–Crippen LogP) is 2.72. The summed E-state index contributed by atoms with van der Waals surface area (Å²) in [4.78, 5) is 33.6. The minimum Gasteiger partial charge on any atom is -0.357 e. The van der Waals surface area contributed by atoms with Crippen molar-refractivity contribution in [3.05, 3.63) is 59.3 Å². The molecule has 0 atom stereocenters. The van der Waals surface area contributed by atoms with E-state index in [0.717, 1.165) is 63.2 Å². The molecule has 2 fully saturated rings. The second-order valence-electron chi connectivity index (χ2n) is 8.20. The van der Waals surface area contributed by atoms with Crippen LogP contribution < -0.4 is 10.2 Å². The molecule has 2 amide bonds. The van der Waals surface area contributed by atoms with Gasteiger partial charge in [-0.1, -0.05) is 12.1 Å². The van der Waals surface area contributed by atoms with Gasteiger partial charge in [0.25, 0.3) is 5.91 Å². The molecular weight excluding hydrogens is 390 g/mol. The third-order valence-electron chi connectivity index (χ3n) is 6.10. The number of nitrogens with one attached hydrogen (secondary N) is 1. The Labute approximate surface area is 182 Å². The molecule has 4 rings (SSSR count). The fourth-order valence-corrected chi connectivity index (χ4v) is 4.26. The number of benzene rings is 1. The van der Waals surface area contributed by atoms with Crippen LogP contribution in [0.4, 0.5) is 5.82 Å². The van der Waals surface area contributed by atoms with Crippen molar-refractivity contribution in [2.24, 2.45) is 5.92 Å². The van der Waals surface area contributed by atoms with E-state index in [-0.39, 0.29) is 17.7 Å². The Bertz CT molecular complexity index is 968. The number of amides is 2. The van der Waals surface area contributed by atoms with Gasteiger partial charge in [-0.3, -0.25) is 9.59 Å². The summed E-state index contributed by atoms with van der Waals surface area (Å²) in [7, 11) is 0. The lowest BCUT2D eigenvalue weighted by Gasteiger charge is -2.32. The first-order chi connectivity index (χ1) is 15.1. The molecule has 0 bridgehead atoms. The molecule has 1 aromatic carbocycles. The van der Waals surface area contributed by atoms with Gasteiger partial charge in [0.1, 0.15) is 11.9 Å². The minimum atomic E-state index is -0.0240. The van der Waals surface area contributed by atoms with Gasteiger partial charge in [0.05, 0.1) is 5.56 Å². The van der Waals surface area contributed by atoms with Gasteiger partial charge in [-0.2, -0.15) is 5.26 Å². The molecule has 2 aliphatic rings.